The highest BCUT2D eigenvalue weighted by Gasteiger charge is 2.41. The Hall–Kier alpha value is -3.85. The average molecular weight is 398 g/mol. The Kier molecular flexibility index (Phi) is 4.36. The number of amides is 2. The fourth-order valence-electron chi connectivity index (χ4n) is 4.43. The van der Waals surface area contributed by atoms with E-state index >= 15 is 0 Å². The number of nitrogens with zero attached hydrogens (tertiary/aromatic N) is 1. The van der Waals surface area contributed by atoms with Gasteiger partial charge in [-0.2, -0.15) is 5.26 Å². The van der Waals surface area contributed by atoms with Gasteiger partial charge in [-0.1, -0.05) is 30.3 Å². The Labute approximate surface area is 173 Å². The van der Waals surface area contributed by atoms with Crippen molar-refractivity contribution in [3.63, 3.8) is 0 Å². The summed E-state index contributed by atoms with van der Waals surface area (Å²) in [5.41, 5.74) is 2.72. The molecule has 1 fully saturated rings. The largest absolute Gasteiger partial charge is 0.457 e. The second kappa shape index (κ2) is 7.20. The van der Waals surface area contributed by atoms with E-state index in [1.54, 1.807) is 6.07 Å². The fourth-order valence-corrected chi connectivity index (χ4v) is 4.43. The van der Waals surface area contributed by atoms with Gasteiger partial charge in [0.1, 0.15) is 11.5 Å². The maximum Gasteiger partial charge on any atom is 0.414 e. The zero-order valence-corrected chi connectivity index (χ0v) is 16.1. The summed E-state index contributed by atoms with van der Waals surface area (Å²) in [5, 5.41) is 13.3. The molecule has 1 aliphatic carbocycles. The lowest BCUT2D eigenvalue weighted by molar-refractivity contribution is -0.124. The van der Waals surface area contributed by atoms with Crippen molar-refractivity contribution in [2.75, 3.05) is 0 Å². The summed E-state index contributed by atoms with van der Waals surface area (Å²) >= 11 is 0. The molecule has 0 spiro atoms. The highest BCUT2D eigenvalue weighted by molar-refractivity contribution is 6.00. The van der Waals surface area contributed by atoms with Crippen molar-refractivity contribution in [1.29, 1.82) is 5.26 Å². The molecule has 1 saturated heterocycles. The topological polar surface area (TPSA) is 88.4 Å². The van der Waals surface area contributed by atoms with E-state index in [1.165, 1.54) is 0 Å². The Bertz CT molecular complexity index is 1230. The highest BCUT2D eigenvalue weighted by atomic mass is 16.6. The van der Waals surface area contributed by atoms with Gasteiger partial charge in [0.15, 0.2) is 6.10 Å². The normalized spacial score (nSPS) is 20.2. The molecule has 3 aromatic rings. The first-order valence-corrected chi connectivity index (χ1v) is 9.88. The number of aryl methyl sites for hydroxylation is 1. The molecule has 2 aliphatic rings. The summed E-state index contributed by atoms with van der Waals surface area (Å²) in [6, 6.07) is 19.3. The molecule has 30 heavy (non-hydrogen) atoms. The van der Waals surface area contributed by atoms with Gasteiger partial charge in [0, 0.05) is 16.7 Å². The molecule has 5 rings (SSSR count). The van der Waals surface area contributed by atoms with Crippen LogP contribution in [0.4, 0.5) is 4.79 Å². The van der Waals surface area contributed by atoms with Crippen LogP contribution >= 0.6 is 0 Å². The van der Waals surface area contributed by atoms with Crippen LogP contribution in [0, 0.1) is 11.3 Å². The smallest absolute Gasteiger partial charge is 0.414 e. The number of alkyl carbamates (subject to hydrolysis) is 1. The first-order chi connectivity index (χ1) is 14.6. The standard InChI is InChI=1S/C24H18N2O4/c25-13-15-8-11-21(19-6-2-1-5-17(15)19)29-16-9-10-18-14(12-16)4-3-7-20(18)22-23(27)26-24(28)30-22/h1-2,5-6,8-12,20,22H,3-4,7H2,(H,26,27,28)/t20-,22?/m1/s1. The number of nitriles is 1. The predicted octanol–water partition coefficient (Wildman–Crippen LogP) is 4.56. The molecule has 3 aromatic carbocycles. The number of nitrogens with one attached hydrogen (secondary N) is 1. The second-order valence-electron chi connectivity index (χ2n) is 7.55. The molecule has 148 valence electrons. The van der Waals surface area contributed by atoms with E-state index in [0.29, 0.717) is 17.1 Å². The first kappa shape index (κ1) is 18.2. The molecule has 0 saturated carbocycles. The van der Waals surface area contributed by atoms with Crippen molar-refractivity contribution in [1.82, 2.24) is 5.32 Å². The number of rotatable bonds is 3. The molecule has 6 heteroatoms. The van der Waals surface area contributed by atoms with Crippen LogP contribution in [-0.2, 0) is 16.0 Å². The number of benzene rings is 3. The van der Waals surface area contributed by atoms with Crippen LogP contribution in [0.2, 0.25) is 0 Å². The summed E-state index contributed by atoms with van der Waals surface area (Å²) in [6.07, 6.45) is 1.12. The summed E-state index contributed by atoms with van der Waals surface area (Å²) in [4.78, 5) is 23.5. The van der Waals surface area contributed by atoms with Gasteiger partial charge in [-0.3, -0.25) is 10.1 Å². The van der Waals surface area contributed by atoms with Crippen molar-refractivity contribution in [2.24, 2.45) is 0 Å². The van der Waals surface area contributed by atoms with Crippen LogP contribution in [0.25, 0.3) is 10.8 Å². The van der Waals surface area contributed by atoms with Crippen LogP contribution in [0.15, 0.2) is 54.6 Å². The van der Waals surface area contributed by atoms with Gasteiger partial charge in [0.05, 0.1) is 11.6 Å². The van der Waals surface area contributed by atoms with Crippen LogP contribution in [-0.4, -0.2) is 18.1 Å². The molecule has 0 aromatic heterocycles. The van der Waals surface area contributed by atoms with Crippen molar-refractivity contribution in [3.8, 4) is 17.6 Å². The maximum absolute atomic E-state index is 12.1. The molecule has 1 unspecified atom stereocenters. The van der Waals surface area contributed by atoms with Crippen molar-refractivity contribution < 1.29 is 19.1 Å². The molecular weight excluding hydrogens is 380 g/mol. The molecule has 0 bridgehead atoms. The van der Waals surface area contributed by atoms with Crippen molar-refractivity contribution in [3.05, 3.63) is 71.3 Å². The number of carbonyl (C=O) groups is 2. The number of cyclic esters (lactones) is 1. The molecular formula is C24H18N2O4. The molecule has 2 amide bonds. The first-order valence-electron chi connectivity index (χ1n) is 9.88. The van der Waals surface area contributed by atoms with E-state index in [0.717, 1.165) is 41.2 Å². The van der Waals surface area contributed by atoms with Gasteiger partial charge in [0.25, 0.3) is 5.91 Å². The number of hydrogen-bond donors (Lipinski definition) is 1. The third-order valence-electron chi connectivity index (χ3n) is 5.79. The molecule has 1 aliphatic heterocycles. The van der Waals surface area contributed by atoms with Crippen LogP contribution < -0.4 is 10.1 Å². The molecule has 1 heterocycles. The minimum Gasteiger partial charge on any atom is -0.457 e. The lowest BCUT2D eigenvalue weighted by Gasteiger charge is -2.28. The maximum atomic E-state index is 12.1. The number of hydrogen-bond acceptors (Lipinski definition) is 5. The van der Waals surface area contributed by atoms with Gasteiger partial charge in [-0.15, -0.1) is 0 Å². The van der Waals surface area contributed by atoms with Gasteiger partial charge >= 0.3 is 6.09 Å². The molecule has 0 radical (unpaired) electrons. The monoisotopic (exact) mass is 398 g/mol. The van der Waals surface area contributed by atoms with E-state index in [9.17, 15) is 14.9 Å². The third-order valence-corrected chi connectivity index (χ3v) is 5.79. The Morgan fingerprint density at radius 3 is 2.67 bits per heavy atom. The number of ether oxygens (including phenoxy) is 2. The lowest BCUT2D eigenvalue weighted by atomic mass is 9.79. The summed E-state index contributed by atoms with van der Waals surface area (Å²) in [5.74, 6) is 0.852. The zero-order chi connectivity index (χ0) is 20.7. The van der Waals surface area contributed by atoms with E-state index in [2.05, 4.69) is 11.4 Å². The minimum absolute atomic E-state index is 0.148. The minimum atomic E-state index is -0.772. The van der Waals surface area contributed by atoms with Crippen LogP contribution in [0.3, 0.4) is 0 Å². The Morgan fingerprint density at radius 2 is 1.90 bits per heavy atom. The average Bonchev–Trinajstić information content (AvgIpc) is 3.11. The van der Waals surface area contributed by atoms with Gasteiger partial charge in [-0.05, 0) is 54.7 Å². The highest BCUT2D eigenvalue weighted by Crippen LogP contribution is 2.39. The third kappa shape index (κ3) is 3.05. The molecule has 2 atom stereocenters. The van der Waals surface area contributed by atoms with Gasteiger partial charge < -0.3 is 9.47 Å². The van der Waals surface area contributed by atoms with Gasteiger partial charge in [-0.25, -0.2) is 4.79 Å². The predicted molar refractivity (Wildman–Crippen MR) is 109 cm³/mol. The van der Waals surface area contributed by atoms with Crippen LogP contribution in [0.5, 0.6) is 11.5 Å². The fraction of sp³-hybridized carbons (Fsp3) is 0.208. The van der Waals surface area contributed by atoms with E-state index in [4.69, 9.17) is 9.47 Å². The van der Waals surface area contributed by atoms with Crippen molar-refractivity contribution in [2.45, 2.75) is 31.3 Å². The molecule has 1 N–H and O–H groups in total. The number of imide groups is 1. The quantitative estimate of drug-likeness (QED) is 0.699. The van der Waals surface area contributed by atoms with Gasteiger partial charge in [0.2, 0.25) is 0 Å². The zero-order valence-electron chi connectivity index (χ0n) is 16.1. The van der Waals surface area contributed by atoms with E-state index in [1.807, 2.05) is 48.5 Å². The summed E-state index contributed by atoms with van der Waals surface area (Å²) < 4.78 is 11.4. The van der Waals surface area contributed by atoms with Crippen molar-refractivity contribution >= 4 is 22.8 Å². The summed E-state index contributed by atoms with van der Waals surface area (Å²) in [7, 11) is 0. The Balaban J connectivity index is 1.47. The summed E-state index contributed by atoms with van der Waals surface area (Å²) in [6.45, 7) is 0. The van der Waals surface area contributed by atoms with E-state index < -0.39 is 12.2 Å². The Morgan fingerprint density at radius 1 is 1.07 bits per heavy atom. The lowest BCUT2D eigenvalue weighted by Crippen LogP contribution is -2.31. The number of fused-ring (bicyclic) bond motifs is 2. The van der Waals surface area contributed by atoms with E-state index in [-0.39, 0.29) is 11.8 Å². The number of carbonyl (C=O) groups excluding carboxylic acids is 2. The second-order valence-corrected chi connectivity index (χ2v) is 7.55. The van der Waals surface area contributed by atoms with Crippen LogP contribution in [0.1, 0.15) is 35.4 Å². The SMILES string of the molecule is N#Cc1ccc(Oc2ccc3c(c2)CCC[C@H]3C2OC(=O)NC2=O)c2ccccc12. The molecule has 6 nitrogen and oxygen atoms in total.